The minimum absolute atomic E-state index is 0.200. The Kier molecular flexibility index (Phi) is 2.42. The van der Waals surface area contributed by atoms with Crippen molar-refractivity contribution in [3.05, 3.63) is 71.3 Å². The first-order valence-electron chi connectivity index (χ1n) is 6.80. The molecule has 4 rings (SSSR count). The third-order valence-electron chi connectivity index (χ3n) is 4.06. The fourth-order valence-electron chi connectivity index (χ4n) is 3.15. The van der Waals surface area contributed by atoms with E-state index in [9.17, 15) is 9.59 Å². The largest absolute Gasteiger partial charge is 0.417 e. The summed E-state index contributed by atoms with van der Waals surface area (Å²) in [5.41, 5.74) is 2.02. The van der Waals surface area contributed by atoms with Crippen molar-refractivity contribution in [3.8, 4) is 0 Å². The summed E-state index contributed by atoms with van der Waals surface area (Å²) in [6.07, 6.45) is 0.200. The predicted octanol–water partition coefficient (Wildman–Crippen LogP) is 2.74. The van der Waals surface area contributed by atoms with Crippen molar-refractivity contribution in [3.63, 3.8) is 0 Å². The Morgan fingerprint density at radius 1 is 0.905 bits per heavy atom. The average Bonchev–Trinajstić information content (AvgIpc) is 2.99. The fraction of sp³-hybridized carbons (Fsp3) is 0.176. The number of ether oxygens (including phenoxy) is 2. The first-order valence-corrected chi connectivity index (χ1v) is 6.80. The predicted molar refractivity (Wildman–Crippen MR) is 73.4 cm³/mol. The molecule has 2 aliphatic rings. The molecule has 0 saturated carbocycles. The highest BCUT2D eigenvalue weighted by Crippen LogP contribution is 2.52. The molecule has 0 aromatic heterocycles. The van der Waals surface area contributed by atoms with Crippen LogP contribution in [0.2, 0.25) is 0 Å². The van der Waals surface area contributed by atoms with Crippen LogP contribution >= 0.6 is 0 Å². The number of carbonyl (C=O) groups is 2. The van der Waals surface area contributed by atoms with Gasteiger partial charge >= 0.3 is 11.9 Å². The smallest absolute Gasteiger partial charge is 0.342 e. The van der Waals surface area contributed by atoms with E-state index in [-0.39, 0.29) is 18.3 Å². The summed E-state index contributed by atoms with van der Waals surface area (Å²) in [4.78, 5) is 24.0. The maximum Gasteiger partial charge on any atom is 0.342 e. The second-order valence-electron chi connectivity index (χ2n) is 5.24. The molecule has 1 fully saturated rings. The second-order valence-corrected chi connectivity index (χ2v) is 5.24. The quantitative estimate of drug-likeness (QED) is 0.754. The zero-order chi connectivity index (χ0) is 14.4. The van der Waals surface area contributed by atoms with Crippen LogP contribution < -0.4 is 0 Å². The van der Waals surface area contributed by atoms with Gasteiger partial charge in [-0.3, -0.25) is 4.79 Å². The molecule has 0 unspecified atom stereocenters. The average molecular weight is 280 g/mol. The van der Waals surface area contributed by atoms with Gasteiger partial charge in [-0.05, 0) is 11.6 Å². The molecule has 2 atom stereocenters. The van der Waals surface area contributed by atoms with E-state index >= 15 is 0 Å². The second kappa shape index (κ2) is 4.19. The van der Waals surface area contributed by atoms with Gasteiger partial charge in [-0.1, -0.05) is 48.5 Å². The maximum atomic E-state index is 12.1. The van der Waals surface area contributed by atoms with E-state index in [4.69, 9.17) is 9.47 Å². The van der Waals surface area contributed by atoms with E-state index in [1.165, 1.54) is 0 Å². The summed E-state index contributed by atoms with van der Waals surface area (Å²) in [5, 5.41) is 0. The molecule has 1 spiro atoms. The number of benzene rings is 2. The third-order valence-corrected chi connectivity index (χ3v) is 4.06. The van der Waals surface area contributed by atoms with Crippen molar-refractivity contribution in [2.75, 3.05) is 0 Å². The molecule has 0 amide bonds. The third kappa shape index (κ3) is 1.62. The van der Waals surface area contributed by atoms with E-state index in [0.717, 1.165) is 5.56 Å². The molecule has 4 nitrogen and oxygen atoms in total. The summed E-state index contributed by atoms with van der Waals surface area (Å²) >= 11 is 0. The van der Waals surface area contributed by atoms with Gasteiger partial charge in [0.25, 0.3) is 5.79 Å². The van der Waals surface area contributed by atoms with E-state index in [2.05, 4.69) is 0 Å². The maximum absolute atomic E-state index is 12.1. The number of carbonyl (C=O) groups excluding carboxylic acids is 2. The molecule has 104 valence electrons. The molecular formula is C17H12O4. The van der Waals surface area contributed by atoms with Gasteiger partial charge in [0.1, 0.15) is 0 Å². The van der Waals surface area contributed by atoms with Gasteiger partial charge in [-0.15, -0.1) is 0 Å². The van der Waals surface area contributed by atoms with Gasteiger partial charge in [-0.25, -0.2) is 4.79 Å². The zero-order valence-corrected chi connectivity index (χ0v) is 11.1. The highest BCUT2D eigenvalue weighted by Gasteiger charge is 2.59. The Balaban J connectivity index is 1.90. The lowest BCUT2D eigenvalue weighted by Gasteiger charge is -2.28. The fourth-order valence-corrected chi connectivity index (χ4v) is 3.15. The van der Waals surface area contributed by atoms with Crippen molar-refractivity contribution < 1.29 is 19.1 Å². The summed E-state index contributed by atoms with van der Waals surface area (Å²) < 4.78 is 11.0. The molecule has 21 heavy (non-hydrogen) atoms. The van der Waals surface area contributed by atoms with Gasteiger partial charge < -0.3 is 9.47 Å². The van der Waals surface area contributed by atoms with Crippen molar-refractivity contribution in [2.24, 2.45) is 0 Å². The van der Waals surface area contributed by atoms with Crippen LogP contribution in [0.15, 0.2) is 54.6 Å². The van der Waals surface area contributed by atoms with Gasteiger partial charge in [0.15, 0.2) is 0 Å². The van der Waals surface area contributed by atoms with Crippen LogP contribution in [0.25, 0.3) is 0 Å². The molecule has 0 aliphatic carbocycles. The van der Waals surface area contributed by atoms with E-state index in [1.54, 1.807) is 18.2 Å². The number of rotatable bonds is 1. The first kappa shape index (κ1) is 12.1. The lowest BCUT2D eigenvalue weighted by molar-refractivity contribution is -0.193. The molecule has 2 aromatic rings. The van der Waals surface area contributed by atoms with Crippen molar-refractivity contribution >= 4 is 11.9 Å². The molecule has 2 aromatic carbocycles. The first-order chi connectivity index (χ1) is 10.2. The standard InChI is InChI=1S/C17H12O4/c18-15-10-14(11-6-2-1-3-7-11)17(20-15)13-9-5-4-8-12(13)16(19)21-17/h1-9,14H,10H2/t14-,17-/m0/s1. The van der Waals surface area contributed by atoms with Crippen molar-refractivity contribution in [1.29, 1.82) is 0 Å². The zero-order valence-electron chi connectivity index (χ0n) is 11.1. The summed E-state index contributed by atoms with van der Waals surface area (Å²) in [5.74, 6) is -2.43. The minimum atomic E-state index is -1.31. The SMILES string of the molecule is O=C1C[C@@H](c2ccccc2)[C@@]2(O1)OC(=O)c1ccccc12. The molecule has 2 heterocycles. The van der Waals surface area contributed by atoms with E-state index < -0.39 is 11.8 Å². The molecule has 0 bridgehead atoms. The summed E-state index contributed by atoms with van der Waals surface area (Å²) in [7, 11) is 0. The van der Waals surface area contributed by atoms with Crippen LogP contribution in [-0.4, -0.2) is 11.9 Å². The van der Waals surface area contributed by atoms with Crippen LogP contribution in [0, 0.1) is 0 Å². The molecule has 0 radical (unpaired) electrons. The van der Waals surface area contributed by atoms with Crippen molar-refractivity contribution in [1.82, 2.24) is 0 Å². The van der Waals surface area contributed by atoms with Crippen LogP contribution in [0.5, 0.6) is 0 Å². The number of fused-ring (bicyclic) bond motifs is 2. The van der Waals surface area contributed by atoms with Crippen LogP contribution in [0.1, 0.15) is 33.8 Å². The Bertz CT molecular complexity index is 737. The number of esters is 2. The minimum Gasteiger partial charge on any atom is -0.417 e. The summed E-state index contributed by atoms with van der Waals surface area (Å²) in [6.45, 7) is 0. The molecule has 1 saturated heterocycles. The molecular weight excluding hydrogens is 268 g/mol. The van der Waals surface area contributed by atoms with Crippen LogP contribution in [0.4, 0.5) is 0 Å². The lowest BCUT2D eigenvalue weighted by atomic mass is 9.85. The Morgan fingerprint density at radius 2 is 1.62 bits per heavy atom. The lowest BCUT2D eigenvalue weighted by Crippen LogP contribution is -2.31. The monoisotopic (exact) mass is 280 g/mol. The van der Waals surface area contributed by atoms with Crippen LogP contribution in [0.3, 0.4) is 0 Å². The number of hydrogen-bond donors (Lipinski definition) is 0. The van der Waals surface area contributed by atoms with E-state index in [1.807, 2.05) is 36.4 Å². The Hall–Kier alpha value is -2.62. The Morgan fingerprint density at radius 3 is 2.43 bits per heavy atom. The topological polar surface area (TPSA) is 52.6 Å². The Labute approximate surface area is 121 Å². The van der Waals surface area contributed by atoms with Crippen LogP contribution in [-0.2, 0) is 20.1 Å². The van der Waals surface area contributed by atoms with Gasteiger partial charge in [-0.2, -0.15) is 0 Å². The highest BCUT2D eigenvalue weighted by atomic mass is 16.7. The van der Waals surface area contributed by atoms with Gasteiger partial charge in [0, 0.05) is 0 Å². The van der Waals surface area contributed by atoms with Gasteiger partial charge in [0.05, 0.1) is 23.5 Å². The molecule has 4 heteroatoms. The van der Waals surface area contributed by atoms with Crippen molar-refractivity contribution in [2.45, 2.75) is 18.1 Å². The normalized spacial score (nSPS) is 26.6. The molecule has 2 aliphatic heterocycles. The molecule has 0 N–H and O–H groups in total. The van der Waals surface area contributed by atoms with E-state index in [0.29, 0.717) is 11.1 Å². The van der Waals surface area contributed by atoms with Gasteiger partial charge in [0.2, 0.25) is 0 Å². The highest BCUT2D eigenvalue weighted by molar-refractivity contribution is 5.95. The number of hydrogen-bond acceptors (Lipinski definition) is 4. The summed E-state index contributed by atoms with van der Waals surface area (Å²) in [6, 6.07) is 16.6.